The monoisotopic (exact) mass is 299 g/mol. The van der Waals surface area contributed by atoms with E-state index in [1.165, 1.54) is 6.33 Å². The van der Waals surface area contributed by atoms with Gasteiger partial charge < -0.3 is 5.11 Å². The lowest BCUT2D eigenvalue weighted by Gasteiger charge is -2.12. The zero-order valence-electron chi connectivity index (χ0n) is 10.6. The van der Waals surface area contributed by atoms with Crippen molar-refractivity contribution in [3.8, 4) is 0 Å². The predicted octanol–water partition coefficient (Wildman–Crippen LogP) is 2.75. The quantitative estimate of drug-likeness (QED) is 0.923. The molecule has 1 heterocycles. The molecule has 102 valence electrons. The first-order chi connectivity index (χ1) is 9.10. The zero-order valence-corrected chi connectivity index (χ0v) is 12.1. The Labute approximate surface area is 122 Å². The van der Waals surface area contributed by atoms with Crippen LogP contribution in [0.5, 0.6) is 0 Å². The number of benzene rings is 1. The third-order valence-electron chi connectivity index (χ3n) is 2.88. The lowest BCUT2D eigenvalue weighted by atomic mass is 10.1. The molecule has 0 saturated carbocycles. The largest absolute Gasteiger partial charge is 0.392 e. The normalized spacial score (nSPS) is 12.6. The molecule has 1 unspecified atom stereocenters. The fourth-order valence-electron chi connectivity index (χ4n) is 1.93. The number of nitrogens with zero attached hydrogens (tertiary/aromatic N) is 3. The molecule has 4 nitrogen and oxygen atoms in total. The van der Waals surface area contributed by atoms with Gasteiger partial charge in [-0.3, -0.25) is 4.68 Å². The molecular formula is C13H15Cl2N3O. The molecule has 0 bridgehead atoms. The summed E-state index contributed by atoms with van der Waals surface area (Å²) in [6.07, 6.45) is 1.87. The molecule has 2 aromatic rings. The summed E-state index contributed by atoms with van der Waals surface area (Å²) in [5.41, 5.74) is 0.876. The van der Waals surface area contributed by atoms with Crippen LogP contribution < -0.4 is 0 Å². The van der Waals surface area contributed by atoms with Gasteiger partial charge in [0.2, 0.25) is 0 Å². The van der Waals surface area contributed by atoms with Gasteiger partial charge in [0.1, 0.15) is 12.2 Å². The van der Waals surface area contributed by atoms with Crippen LogP contribution in [0.3, 0.4) is 0 Å². The minimum absolute atomic E-state index is 0.451. The number of aliphatic hydroxyl groups is 1. The smallest absolute Gasteiger partial charge is 0.138 e. The van der Waals surface area contributed by atoms with Gasteiger partial charge in [0.25, 0.3) is 0 Å². The molecular weight excluding hydrogens is 285 g/mol. The van der Waals surface area contributed by atoms with Crippen LogP contribution in [0.2, 0.25) is 10.0 Å². The maximum Gasteiger partial charge on any atom is 0.138 e. The summed E-state index contributed by atoms with van der Waals surface area (Å²) in [5, 5.41) is 15.4. The lowest BCUT2D eigenvalue weighted by molar-refractivity contribution is 0.171. The number of aromatic nitrogens is 3. The summed E-state index contributed by atoms with van der Waals surface area (Å²) in [7, 11) is 0. The Hall–Kier alpha value is -1.10. The number of halogens is 2. The second-order valence-electron chi connectivity index (χ2n) is 4.29. The summed E-state index contributed by atoms with van der Waals surface area (Å²) >= 11 is 11.9. The van der Waals surface area contributed by atoms with Crippen LogP contribution in [0, 0.1) is 0 Å². The van der Waals surface area contributed by atoms with E-state index in [0.717, 1.165) is 17.9 Å². The molecule has 1 N–H and O–H groups in total. The minimum Gasteiger partial charge on any atom is -0.392 e. The van der Waals surface area contributed by atoms with E-state index in [-0.39, 0.29) is 0 Å². The van der Waals surface area contributed by atoms with E-state index in [0.29, 0.717) is 22.9 Å². The van der Waals surface area contributed by atoms with E-state index in [2.05, 4.69) is 10.1 Å². The topological polar surface area (TPSA) is 50.9 Å². The molecule has 0 spiro atoms. The second-order valence-corrected chi connectivity index (χ2v) is 5.13. The van der Waals surface area contributed by atoms with Crippen molar-refractivity contribution in [1.82, 2.24) is 14.8 Å². The van der Waals surface area contributed by atoms with Crippen molar-refractivity contribution >= 4 is 23.2 Å². The van der Waals surface area contributed by atoms with Gasteiger partial charge in [0.05, 0.1) is 6.10 Å². The Morgan fingerprint density at radius 1 is 1.32 bits per heavy atom. The van der Waals surface area contributed by atoms with E-state index in [9.17, 15) is 5.11 Å². The molecule has 0 fully saturated rings. The van der Waals surface area contributed by atoms with Crippen molar-refractivity contribution < 1.29 is 5.11 Å². The Morgan fingerprint density at radius 3 is 2.79 bits per heavy atom. The number of hydrogen-bond acceptors (Lipinski definition) is 3. The molecule has 0 radical (unpaired) electrons. The summed E-state index contributed by atoms with van der Waals surface area (Å²) in [5.74, 6) is 0.778. The standard InChI is InChI=1S/C13H15Cl2N3O/c1-2-18-13(16-8-17-18)7-11(19)5-9-3-4-10(14)6-12(9)15/h3-4,6,8,11,19H,2,5,7H2,1H3. The molecule has 0 aliphatic heterocycles. The SMILES string of the molecule is CCn1ncnc1CC(O)Cc1ccc(Cl)cc1Cl. The van der Waals surface area contributed by atoms with Crippen LogP contribution in [-0.4, -0.2) is 26.0 Å². The van der Waals surface area contributed by atoms with Crippen molar-refractivity contribution in [1.29, 1.82) is 0 Å². The van der Waals surface area contributed by atoms with Crippen molar-refractivity contribution in [2.24, 2.45) is 0 Å². The number of aliphatic hydroxyl groups excluding tert-OH is 1. The van der Waals surface area contributed by atoms with Crippen LogP contribution in [0.4, 0.5) is 0 Å². The molecule has 1 atom stereocenters. The first-order valence-corrected chi connectivity index (χ1v) is 6.84. The summed E-state index contributed by atoms with van der Waals surface area (Å²) in [4.78, 5) is 4.14. The van der Waals surface area contributed by atoms with Crippen molar-refractivity contribution in [3.63, 3.8) is 0 Å². The van der Waals surface area contributed by atoms with Crippen LogP contribution in [0.25, 0.3) is 0 Å². The van der Waals surface area contributed by atoms with E-state index < -0.39 is 6.10 Å². The average molecular weight is 300 g/mol. The van der Waals surface area contributed by atoms with Crippen molar-refractivity contribution in [2.75, 3.05) is 0 Å². The zero-order chi connectivity index (χ0) is 13.8. The summed E-state index contributed by atoms with van der Waals surface area (Å²) < 4.78 is 1.77. The van der Waals surface area contributed by atoms with Gasteiger partial charge in [-0.15, -0.1) is 0 Å². The van der Waals surface area contributed by atoms with Crippen molar-refractivity contribution in [3.05, 3.63) is 46.0 Å². The fraction of sp³-hybridized carbons (Fsp3) is 0.385. The van der Waals surface area contributed by atoms with Crippen LogP contribution in [0.15, 0.2) is 24.5 Å². The molecule has 1 aromatic carbocycles. The van der Waals surface area contributed by atoms with Crippen molar-refractivity contribution in [2.45, 2.75) is 32.4 Å². The number of aryl methyl sites for hydroxylation is 1. The van der Waals surface area contributed by atoms with Crippen LogP contribution >= 0.6 is 23.2 Å². The number of hydrogen-bond donors (Lipinski definition) is 1. The molecule has 19 heavy (non-hydrogen) atoms. The maximum absolute atomic E-state index is 10.1. The first kappa shape index (κ1) is 14.3. The molecule has 0 saturated heterocycles. The second kappa shape index (κ2) is 6.37. The van der Waals surface area contributed by atoms with E-state index in [1.54, 1.807) is 16.8 Å². The maximum atomic E-state index is 10.1. The van der Waals surface area contributed by atoms with E-state index in [1.807, 2.05) is 13.0 Å². The molecule has 0 aliphatic rings. The molecule has 0 aliphatic carbocycles. The predicted molar refractivity (Wildman–Crippen MR) is 75.6 cm³/mol. The minimum atomic E-state index is -0.548. The fourth-order valence-corrected chi connectivity index (χ4v) is 2.42. The third-order valence-corrected chi connectivity index (χ3v) is 3.47. The highest BCUT2D eigenvalue weighted by Crippen LogP contribution is 2.22. The van der Waals surface area contributed by atoms with Crippen LogP contribution in [-0.2, 0) is 19.4 Å². The number of rotatable bonds is 5. The van der Waals surface area contributed by atoms with Crippen LogP contribution in [0.1, 0.15) is 18.3 Å². The van der Waals surface area contributed by atoms with Gasteiger partial charge in [-0.05, 0) is 24.6 Å². The Kier molecular flexibility index (Phi) is 4.80. The lowest BCUT2D eigenvalue weighted by Crippen LogP contribution is -2.18. The third kappa shape index (κ3) is 3.69. The molecule has 2 rings (SSSR count). The molecule has 0 amide bonds. The van der Waals surface area contributed by atoms with E-state index >= 15 is 0 Å². The molecule has 1 aromatic heterocycles. The summed E-state index contributed by atoms with van der Waals surface area (Å²) in [6.45, 7) is 2.73. The highest BCUT2D eigenvalue weighted by molar-refractivity contribution is 6.35. The molecule has 6 heteroatoms. The van der Waals surface area contributed by atoms with Gasteiger partial charge in [-0.25, -0.2) is 4.98 Å². The van der Waals surface area contributed by atoms with E-state index in [4.69, 9.17) is 23.2 Å². The van der Waals surface area contributed by atoms with Gasteiger partial charge >= 0.3 is 0 Å². The average Bonchev–Trinajstić information content (AvgIpc) is 2.80. The van der Waals surface area contributed by atoms with Gasteiger partial charge in [-0.2, -0.15) is 5.10 Å². The Balaban J connectivity index is 2.03. The Morgan fingerprint density at radius 2 is 2.11 bits per heavy atom. The van der Waals surface area contributed by atoms with Gasteiger partial charge in [-0.1, -0.05) is 29.3 Å². The van der Waals surface area contributed by atoms with Gasteiger partial charge in [0, 0.05) is 29.4 Å². The Bertz CT molecular complexity index is 557. The highest BCUT2D eigenvalue weighted by Gasteiger charge is 2.13. The highest BCUT2D eigenvalue weighted by atomic mass is 35.5. The van der Waals surface area contributed by atoms with Gasteiger partial charge in [0.15, 0.2) is 0 Å². The summed E-state index contributed by atoms with van der Waals surface area (Å²) in [6, 6.07) is 5.28. The first-order valence-electron chi connectivity index (χ1n) is 6.08.